The number of benzene rings is 2. The van der Waals surface area contributed by atoms with E-state index in [9.17, 15) is 39.0 Å². The standard InChI is InChI=1S/C28H34N4O10/c29-19(14-17-6-8-18(33)9-7-17)25(38)30-20(10-12-23(34)35)26(39)31-21(11-13-24(36)37)27(40)32-22(28(41)42)15-16-4-2-1-3-5-16/h1-9,19-22,33H,10-15,29H2,(H,30,38)(H,31,39)(H,32,40)(H,34,35)(H,36,37)(H,41,42). The maximum absolute atomic E-state index is 13.1. The van der Waals surface area contributed by atoms with Gasteiger partial charge in [0.05, 0.1) is 6.04 Å². The molecule has 0 aliphatic heterocycles. The summed E-state index contributed by atoms with van der Waals surface area (Å²) in [5.74, 6) is -6.64. The molecule has 42 heavy (non-hydrogen) atoms. The lowest BCUT2D eigenvalue weighted by Crippen LogP contribution is -2.57. The van der Waals surface area contributed by atoms with Gasteiger partial charge in [0.2, 0.25) is 17.7 Å². The molecule has 0 heterocycles. The maximum Gasteiger partial charge on any atom is 0.326 e. The highest BCUT2D eigenvalue weighted by Crippen LogP contribution is 2.12. The summed E-state index contributed by atoms with van der Waals surface area (Å²) in [7, 11) is 0. The number of carbonyl (C=O) groups excluding carboxylic acids is 3. The number of hydrogen-bond acceptors (Lipinski definition) is 8. The second-order valence-corrected chi connectivity index (χ2v) is 9.55. The predicted octanol–water partition coefficient (Wildman–Crippen LogP) is -0.227. The van der Waals surface area contributed by atoms with Gasteiger partial charge in [0.15, 0.2) is 0 Å². The van der Waals surface area contributed by atoms with E-state index in [2.05, 4.69) is 16.0 Å². The molecule has 9 N–H and O–H groups in total. The number of phenols is 1. The van der Waals surface area contributed by atoms with Crippen LogP contribution in [-0.2, 0) is 41.6 Å². The van der Waals surface area contributed by atoms with Crippen molar-refractivity contribution in [1.82, 2.24) is 16.0 Å². The molecule has 14 heteroatoms. The Bertz CT molecular complexity index is 1250. The number of carboxylic acids is 3. The number of carboxylic acid groups (broad SMARTS) is 3. The summed E-state index contributed by atoms with van der Waals surface area (Å²) in [4.78, 5) is 73.2. The Morgan fingerprint density at radius 2 is 1.07 bits per heavy atom. The summed E-state index contributed by atoms with van der Waals surface area (Å²) in [5, 5.41) is 44.3. The predicted molar refractivity (Wildman–Crippen MR) is 147 cm³/mol. The largest absolute Gasteiger partial charge is 0.508 e. The van der Waals surface area contributed by atoms with Gasteiger partial charge in [0.25, 0.3) is 0 Å². The Hall–Kier alpha value is -4.98. The first-order valence-electron chi connectivity index (χ1n) is 13.0. The zero-order valence-electron chi connectivity index (χ0n) is 22.6. The quantitative estimate of drug-likeness (QED) is 0.120. The molecule has 0 spiro atoms. The molecule has 0 saturated heterocycles. The maximum atomic E-state index is 13.1. The number of nitrogens with one attached hydrogen (secondary N) is 3. The smallest absolute Gasteiger partial charge is 0.326 e. The molecule has 4 unspecified atom stereocenters. The number of aromatic hydroxyl groups is 1. The number of aliphatic carboxylic acids is 3. The van der Waals surface area contributed by atoms with Crippen molar-refractivity contribution in [3.05, 3.63) is 65.7 Å². The highest BCUT2D eigenvalue weighted by molar-refractivity contribution is 5.94. The second kappa shape index (κ2) is 16.3. The number of carbonyl (C=O) groups is 6. The van der Waals surface area contributed by atoms with E-state index < -0.39 is 79.1 Å². The molecule has 2 aromatic carbocycles. The molecule has 0 aliphatic rings. The van der Waals surface area contributed by atoms with Crippen molar-refractivity contribution in [2.24, 2.45) is 5.73 Å². The average Bonchev–Trinajstić information content (AvgIpc) is 2.94. The van der Waals surface area contributed by atoms with Crippen molar-refractivity contribution in [1.29, 1.82) is 0 Å². The molecule has 0 saturated carbocycles. The molecule has 2 rings (SSSR count). The Kier molecular flexibility index (Phi) is 12.9. The van der Waals surface area contributed by atoms with Crippen LogP contribution in [0.2, 0.25) is 0 Å². The molecule has 4 atom stereocenters. The van der Waals surface area contributed by atoms with Gasteiger partial charge in [-0.05, 0) is 42.5 Å². The number of nitrogens with two attached hydrogens (primary N) is 1. The van der Waals surface area contributed by atoms with Gasteiger partial charge in [-0.2, -0.15) is 0 Å². The van der Waals surface area contributed by atoms with E-state index in [0.717, 1.165) is 0 Å². The van der Waals surface area contributed by atoms with Crippen molar-refractivity contribution in [2.75, 3.05) is 0 Å². The highest BCUT2D eigenvalue weighted by atomic mass is 16.4. The lowest BCUT2D eigenvalue weighted by atomic mass is 10.0. The van der Waals surface area contributed by atoms with Crippen molar-refractivity contribution in [2.45, 2.75) is 62.7 Å². The molecule has 0 aromatic heterocycles. The molecular formula is C28H34N4O10. The minimum absolute atomic E-state index is 0.0124. The highest BCUT2D eigenvalue weighted by Gasteiger charge is 2.31. The van der Waals surface area contributed by atoms with E-state index >= 15 is 0 Å². The third-order valence-corrected chi connectivity index (χ3v) is 6.19. The first-order chi connectivity index (χ1) is 19.8. The van der Waals surface area contributed by atoms with Crippen LogP contribution < -0.4 is 21.7 Å². The SMILES string of the molecule is NC(Cc1ccc(O)cc1)C(=O)NC(CCC(=O)O)C(=O)NC(CCC(=O)O)C(=O)NC(Cc1ccccc1)C(=O)O. The topological polar surface area (TPSA) is 245 Å². The molecule has 14 nitrogen and oxygen atoms in total. The summed E-state index contributed by atoms with van der Waals surface area (Å²) >= 11 is 0. The average molecular weight is 587 g/mol. The normalized spacial score (nSPS) is 13.5. The molecule has 3 amide bonds. The summed E-state index contributed by atoms with van der Waals surface area (Å²) < 4.78 is 0. The number of hydrogen-bond donors (Lipinski definition) is 8. The zero-order chi connectivity index (χ0) is 31.2. The lowest BCUT2D eigenvalue weighted by Gasteiger charge is -2.25. The summed E-state index contributed by atoms with van der Waals surface area (Å²) in [5.41, 5.74) is 7.18. The number of amides is 3. The molecule has 226 valence electrons. The van der Waals surface area contributed by atoms with Crippen LogP contribution in [0.5, 0.6) is 5.75 Å². The number of rotatable bonds is 17. The Morgan fingerprint density at radius 1 is 0.619 bits per heavy atom. The third-order valence-electron chi connectivity index (χ3n) is 6.19. The fourth-order valence-corrected chi connectivity index (χ4v) is 3.93. The number of phenolic OH excluding ortho intramolecular Hbond substituents is 1. The molecule has 0 radical (unpaired) electrons. The van der Waals surface area contributed by atoms with Crippen molar-refractivity contribution in [3.63, 3.8) is 0 Å². The van der Waals surface area contributed by atoms with Crippen LogP contribution in [0.4, 0.5) is 0 Å². The van der Waals surface area contributed by atoms with Crippen molar-refractivity contribution >= 4 is 35.6 Å². The van der Waals surface area contributed by atoms with Gasteiger partial charge < -0.3 is 42.1 Å². The second-order valence-electron chi connectivity index (χ2n) is 9.55. The monoisotopic (exact) mass is 586 g/mol. The summed E-state index contributed by atoms with van der Waals surface area (Å²) in [6.45, 7) is 0. The van der Waals surface area contributed by atoms with E-state index in [4.69, 9.17) is 15.9 Å². The van der Waals surface area contributed by atoms with Gasteiger partial charge in [-0.15, -0.1) is 0 Å². The van der Waals surface area contributed by atoms with Gasteiger partial charge in [0.1, 0.15) is 23.9 Å². The van der Waals surface area contributed by atoms with Crippen LogP contribution >= 0.6 is 0 Å². The minimum atomic E-state index is -1.51. The lowest BCUT2D eigenvalue weighted by molar-refractivity contribution is -0.143. The molecule has 2 aromatic rings. The van der Waals surface area contributed by atoms with Gasteiger partial charge in [0, 0.05) is 19.3 Å². The summed E-state index contributed by atoms with van der Waals surface area (Å²) in [6.07, 6.45) is -1.94. The third kappa shape index (κ3) is 11.6. The zero-order valence-corrected chi connectivity index (χ0v) is 22.6. The van der Waals surface area contributed by atoms with Crippen LogP contribution in [0.1, 0.15) is 36.8 Å². The van der Waals surface area contributed by atoms with E-state index in [0.29, 0.717) is 11.1 Å². The van der Waals surface area contributed by atoms with Crippen molar-refractivity contribution in [3.8, 4) is 5.75 Å². The van der Waals surface area contributed by atoms with E-state index in [1.165, 1.54) is 12.1 Å². The van der Waals surface area contributed by atoms with Crippen LogP contribution in [0.25, 0.3) is 0 Å². The van der Waals surface area contributed by atoms with Crippen LogP contribution in [0.15, 0.2) is 54.6 Å². The molecule has 0 fully saturated rings. The summed E-state index contributed by atoms with van der Waals surface area (Å²) in [6, 6.07) is 8.80. The van der Waals surface area contributed by atoms with E-state index in [1.807, 2.05) is 0 Å². The first kappa shape index (κ1) is 33.2. The Morgan fingerprint density at radius 3 is 1.55 bits per heavy atom. The van der Waals surface area contributed by atoms with Gasteiger partial charge in [-0.1, -0.05) is 42.5 Å². The molecule has 0 aliphatic carbocycles. The van der Waals surface area contributed by atoms with E-state index in [-0.39, 0.29) is 25.0 Å². The fourth-order valence-electron chi connectivity index (χ4n) is 3.93. The minimum Gasteiger partial charge on any atom is -0.508 e. The van der Waals surface area contributed by atoms with Crippen LogP contribution in [-0.4, -0.2) is 80.2 Å². The van der Waals surface area contributed by atoms with E-state index in [1.54, 1.807) is 42.5 Å². The van der Waals surface area contributed by atoms with Crippen molar-refractivity contribution < 1.29 is 49.2 Å². The molecular weight excluding hydrogens is 552 g/mol. The Balaban J connectivity index is 2.17. The van der Waals surface area contributed by atoms with Gasteiger partial charge >= 0.3 is 17.9 Å². The fraction of sp³-hybridized carbons (Fsp3) is 0.357. The van der Waals surface area contributed by atoms with Crippen LogP contribution in [0.3, 0.4) is 0 Å². The first-order valence-corrected chi connectivity index (χ1v) is 13.0. The van der Waals surface area contributed by atoms with Gasteiger partial charge in [-0.25, -0.2) is 4.79 Å². The van der Waals surface area contributed by atoms with Gasteiger partial charge in [-0.3, -0.25) is 24.0 Å². The molecule has 0 bridgehead atoms. The Labute approximate surface area is 240 Å². The van der Waals surface area contributed by atoms with Crippen LogP contribution in [0, 0.1) is 0 Å².